The predicted molar refractivity (Wildman–Crippen MR) is 75.6 cm³/mol. The SMILES string of the molecule is CCCCCCCCC1OC(C(=O)OC)C(C(=O)OC)O1. The number of carbonyl (C=O) groups excluding carboxylic acids is 2. The lowest BCUT2D eigenvalue weighted by Gasteiger charge is -2.11. The molecule has 0 aromatic rings. The van der Waals surface area contributed by atoms with Crippen LogP contribution in [0.25, 0.3) is 0 Å². The number of ether oxygens (including phenoxy) is 4. The lowest BCUT2D eigenvalue weighted by Crippen LogP contribution is -2.38. The fraction of sp³-hybridized carbons (Fsp3) is 0.867. The minimum atomic E-state index is -1.03. The minimum absolute atomic E-state index is 0.552. The van der Waals surface area contributed by atoms with Crippen LogP contribution in [-0.2, 0) is 28.5 Å². The molecule has 0 radical (unpaired) electrons. The summed E-state index contributed by atoms with van der Waals surface area (Å²) >= 11 is 0. The van der Waals surface area contributed by atoms with Gasteiger partial charge in [-0.2, -0.15) is 0 Å². The maximum absolute atomic E-state index is 11.6. The average Bonchev–Trinajstić information content (AvgIpc) is 2.93. The van der Waals surface area contributed by atoms with Gasteiger partial charge in [-0.25, -0.2) is 9.59 Å². The molecule has 0 aliphatic carbocycles. The van der Waals surface area contributed by atoms with Crippen molar-refractivity contribution in [2.75, 3.05) is 14.2 Å². The van der Waals surface area contributed by atoms with E-state index in [1.807, 2.05) is 0 Å². The molecule has 0 spiro atoms. The Hall–Kier alpha value is -1.14. The van der Waals surface area contributed by atoms with Crippen molar-refractivity contribution in [3.63, 3.8) is 0 Å². The number of rotatable bonds is 9. The van der Waals surface area contributed by atoms with Crippen molar-refractivity contribution in [2.24, 2.45) is 0 Å². The Balaban J connectivity index is 2.37. The summed E-state index contributed by atoms with van der Waals surface area (Å²) in [4.78, 5) is 23.2. The molecular weight excluding hydrogens is 276 g/mol. The summed E-state index contributed by atoms with van der Waals surface area (Å²) in [5.41, 5.74) is 0. The second kappa shape index (κ2) is 9.73. The summed E-state index contributed by atoms with van der Waals surface area (Å²) < 4.78 is 20.2. The number of hydrogen-bond acceptors (Lipinski definition) is 6. The number of hydrogen-bond donors (Lipinski definition) is 0. The zero-order valence-corrected chi connectivity index (χ0v) is 13.1. The van der Waals surface area contributed by atoms with Crippen LogP contribution < -0.4 is 0 Å². The normalized spacial score (nSPS) is 24.8. The fourth-order valence-electron chi connectivity index (χ4n) is 2.32. The van der Waals surface area contributed by atoms with Gasteiger partial charge in [0, 0.05) is 0 Å². The third-order valence-corrected chi connectivity index (χ3v) is 3.53. The monoisotopic (exact) mass is 302 g/mol. The quantitative estimate of drug-likeness (QED) is 0.480. The van der Waals surface area contributed by atoms with E-state index in [1.165, 1.54) is 39.9 Å². The van der Waals surface area contributed by atoms with Crippen LogP contribution in [0.5, 0.6) is 0 Å². The van der Waals surface area contributed by atoms with Gasteiger partial charge < -0.3 is 18.9 Å². The van der Waals surface area contributed by atoms with Gasteiger partial charge in [-0.1, -0.05) is 39.0 Å². The first-order valence-electron chi connectivity index (χ1n) is 7.60. The third-order valence-electron chi connectivity index (χ3n) is 3.53. The zero-order chi connectivity index (χ0) is 15.7. The smallest absolute Gasteiger partial charge is 0.338 e. The number of unbranched alkanes of at least 4 members (excludes halogenated alkanes) is 5. The van der Waals surface area contributed by atoms with Crippen molar-refractivity contribution in [1.82, 2.24) is 0 Å². The highest BCUT2D eigenvalue weighted by atomic mass is 16.8. The second-order valence-corrected chi connectivity index (χ2v) is 5.15. The molecule has 0 aromatic heterocycles. The Kier molecular flexibility index (Phi) is 8.30. The van der Waals surface area contributed by atoms with Crippen LogP contribution in [-0.4, -0.2) is 44.7 Å². The van der Waals surface area contributed by atoms with Gasteiger partial charge in [0.15, 0.2) is 18.5 Å². The highest BCUT2D eigenvalue weighted by Crippen LogP contribution is 2.25. The van der Waals surface area contributed by atoms with Gasteiger partial charge in [0.1, 0.15) is 0 Å². The molecule has 1 fully saturated rings. The molecule has 0 bridgehead atoms. The molecule has 1 saturated heterocycles. The third kappa shape index (κ3) is 5.63. The minimum Gasteiger partial charge on any atom is -0.467 e. The number of esters is 2. The molecular formula is C15H26O6. The maximum Gasteiger partial charge on any atom is 0.338 e. The van der Waals surface area contributed by atoms with Gasteiger partial charge in [-0.3, -0.25) is 0 Å². The van der Waals surface area contributed by atoms with Crippen molar-refractivity contribution in [3.8, 4) is 0 Å². The molecule has 1 rings (SSSR count). The molecule has 1 aliphatic rings. The largest absolute Gasteiger partial charge is 0.467 e. The van der Waals surface area contributed by atoms with Crippen molar-refractivity contribution in [2.45, 2.75) is 70.4 Å². The first-order valence-corrected chi connectivity index (χ1v) is 7.60. The zero-order valence-electron chi connectivity index (χ0n) is 13.1. The molecule has 2 atom stereocenters. The van der Waals surface area contributed by atoms with E-state index in [0.717, 1.165) is 12.8 Å². The van der Waals surface area contributed by atoms with E-state index in [0.29, 0.717) is 6.42 Å². The van der Waals surface area contributed by atoms with E-state index in [-0.39, 0.29) is 0 Å². The number of carbonyl (C=O) groups is 2. The van der Waals surface area contributed by atoms with E-state index in [9.17, 15) is 9.59 Å². The van der Waals surface area contributed by atoms with E-state index in [4.69, 9.17) is 9.47 Å². The molecule has 21 heavy (non-hydrogen) atoms. The summed E-state index contributed by atoms with van der Waals surface area (Å²) in [6.45, 7) is 2.18. The molecule has 1 heterocycles. The van der Waals surface area contributed by atoms with Gasteiger partial charge in [0.05, 0.1) is 14.2 Å². The highest BCUT2D eigenvalue weighted by molar-refractivity contribution is 5.86. The summed E-state index contributed by atoms with van der Waals surface area (Å²) in [5.74, 6) is -1.23. The van der Waals surface area contributed by atoms with Crippen LogP contribution in [0.15, 0.2) is 0 Å². The van der Waals surface area contributed by atoms with Crippen LogP contribution in [0.4, 0.5) is 0 Å². The molecule has 0 aromatic carbocycles. The van der Waals surface area contributed by atoms with Crippen LogP contribution in [0.2, 0.25) is 0 Å². The molecule has 2 unspecified atom stereocenters. The predicted octanol–water partition coefficient (Wildman–Crippen LogP) is 2.19. The van der Waals surface area contributed by atoms with Crippen LogP contribution >= 0.6 is 0 Å². The average molecular weight is 302 g/mol. The number of methoxy groups -OCH3 is 2. The summed E-state index contributed by atoms with van der Waals surface area (Å²) in [6, 6.07) is 0. The van der Waals surface area contributed by atoms with Crippen LogP contribution in [0.3, 0.4) is 0 Å². The Bertz CT molecular complexity index is 306. The van der Waals surface area contributed by atoms with Crippen molar-refractivity contribution < 1.29 is 28.5 Å². The van der Waals surface area contributed by atoms with E-state index in [2.05, 4.69) is 16.4 Å². The van der Waals surface area contributed by atoms with Crippen LogP contribution in [0, 0.1) is 0 Å². The fourth-order valence-corrected chi connectivity index (χ4v) is 2.32. The van der Waals surface area contributed by atoms with E-state index >= 15 is 0 Å². The summed E-state index contributed by atoms with van der Waals surface area (Å²) in [6.07, 6.45) is 4.96. The van der Waals surface area contributed by atoms with Crippen LogP contribution in [0.1, 0.15) is 51.9 Å². The van der Waals surface area contributed by atoms with Gasteiger partial charge in [0.2, 0.25) is 0 Å². The highest BCUT2D eigenvalue weighted by Gasteiger charge is 2.46. The summed E-state index contributed by atoms with van der Waals surface area (Å²) in [5, 5.41) is 0. The lowest BCUT2D eigenvalue weighted by atomic mass is 10.1. The molecule has 122 valence electrons. The Labute approximate surface area is 126 Å². The summed E-state index contributed by atoms with van der Waals surface area (Å²) in [7, 11) is 2.50. The van der Waals surface area contributed by atoms with Gasteiger partial charge in [0.25, 0.3) is 0 Å². The van der Waals surface area contributed by atoms with Crippen molar-refractivity contribution in [1.29, 1.82) is 0 Å². The molecule has 0 saturated carbocycles. The van der Waals surface area contributed by atoms with Gasteiger partial charge >= 0.3 is 11.9 Å². The molecule has 0 N–H and O–H groups in total. The lowest BCUT2D eigenvalue weighted by molar-refractivity contribution is -0.160. The van der Waals surface area contributed by atoms with Crippen molar-refractivity contribution >= 4 is 11.9 Å². The molecule has 0 amide bonds. The van der Waals surface area contributed by atoms with E-state index in [1.54, 1.807) is 0 Å². The van der Waals surface area contributed by atoms with Gasteiger partial charge in [-0.05, 0) is 12.8 Å². The molecule has 1 aliphatic heterocycles. The first kappa shape index (κ1) is 17.9. The maximum atomic E-state index is 11.6. The Morgan fingerprint density at radius 3 is 1.81 bits per heavy atom. The second-order valence-electron chi connectivity index (χ2n) is 5.15. The topological polar surface area (TPSA) is 71.1 Å². The van der Waals surface area contributed by atoms with Gasteiger partial charge in [-0.15, -0.1) is 0 Å². The molecule has 6 heteroatoms. The molecule has 6 nitrogen and oxygen atoms in total. The Morgan fingerprint density at radius 1 is 0.857 bits per heavy atom. The Morgan fingerprint density at radius 2 is 1.33 bits per heavy atom. The van der Waals surface area contributed by atoms with Crippen molar-refractivity contribution in [3.05, 3.63) is 0 Å². The first-order chi connectivity index (χ1) is 10.1. The van der Waals surface area contributed by atoms with E-state index < -0.39 is 30.4 Å². The standard InChI is InChI=1S/C15H26O6/c1-4-5-6-7-8-9-10-11-20-12(14(16)18-2)13(21-11)15(17)19-3/h11-13H,4-10H2,1-3H3.